The molecule has 0 spiro atoms. The van der Waals surface area contributed by atoms with Crippen molar-refractivity contribution in [3.8, 4) is 11.4 Å². The van der Waals surface area contributed by atoms with Gasteiger partial charge in [0, 0.05) is 31.4 Å². The molecule has 0 saturated carbocycles. The second-order valence-corrected chi connectivity index (χ2v) is 5.66. The zero-order chi connectivity index (χ0) is 17.1. The van der Waals surface area contributed by atoms with Crippen molar-refractivity contribution in [1.82, 2.24) is 24.9 Å². The van der Waals surface area contributed by atoms with Crippen LogP contribution in [0.2, 0.25) is 0 Å². The maximum Gasteiger partial charge on any atom is 0.183 e. The molecule has 1 fully saturated rings. The quantitative estimate of drug-likeness (QED) is 0.620. The smallest absolute Gasteiger partial charge is 0.183 e. The van der Waals surface area contributed by atoms with Crippen molar-refractivity contribution < 1.29 is 9.84 Å². The molecule has 0 unspecified atom stereocenters. The van der Waals surface area contributed by atoms with Gasteiger partial charge in [-0.15, -0.1) is 0 Å². The van der Waals surface area contributed by atoms with Gasteiger partial charge in [-0.05, 0) is 12.1 Å². The van der Waals surface area contributed by atoms with E-state index >= 15 is 0 Å². The summed E-state index contributed by atoms with van der Waals surface area (Å²) in [6.07, 6.45) is 3.25. The maximum absolute atomic E-state index is 8.96. The van der Waals surface area contributed by atoms with E-state index in [0.717, 1.165) is 37.7 Å². The van der Waals surface area contributed by atoms with Crippen molar-refractivity contribution in [2.75, 3.05) is 49.7 Å². The first-order valence-corrected chi connectivity index (χ1v) is 8.20. The van der Waals surface area contributed by atoms with Crippen LogP contribution in [0.15, 0.2) is 24.7 Å². The van der Waals surface area contributed by atoms with Crippen LogP contribution in [-0.2, 0) is 4.74 Å². The molecule has 0 atom stereocenters. The highest BCUT2D eigenvalue weighted by molar-refractivity contribution is 5.85. The summed E-state index contributed by atoms with van der Waals surface area (Å²) in [7, 11) is 0. The number of aromatic amines is 1. The number of imidazole rings is 1. The summed E-state index contributed by atoms with van der Waals surface area (Å²) >= 11 is 0. The number of H-pyrrole nitrogens is 1. The molecule has 0 amide bonds. The summed E-state index contributed by atoms with van der Waals surface area (Å²) in [5.41, 5.74) is 2.16. The van der Waals surface area contributed by atoms with Crippen LogP contribution in [0.25, 0.3) is 22.6 Å². The van der Waals surface area contributed by atoms with Gasteiger partial charge in [0.2, 0.25) is 0 Å². The summed E-state index contributed by atoms with van der Waals surface area (Å²) in [6, 6.07) is 3.98. The molecule has 1 saturated heterocycles. The van der Waals surface area contributed by atoms with Gasteiger partial charge in [-0.3, -0.25) is 0 Å². The lowest BCUT2D eigenvalue weighted by Gasteiger charge is -2.27. The molecule has 0 aromatic carbocycles. The fourth-order valence-corrected chi connectivity index (χ4v) is 2.78. The number of morpholine rings is 1. The minimum atomic E-state index is 0.0272. The molecule has 4 heterocycles. The lowest BCUT2D eigenvalue weighted by molar-refractivity contribution is 0.122. The van der Waals surface area contributed by atoms with Crippen molar-refractivity contribution in [1.29, 1.82) is 0 Å². The summed E-state index contributed by atoms with van der Waals surface area (Å²) in [5.74, 6) is 2.24. The predicted octanol–water partition coefficient (Wildman–Crippen LogP) is 0.656. The summed E-state index contributed by atoms with van der Waals surface area (Å²) in [6.45, 7) is 3.61. The molecule has 130 valence electrons. The van der Waals surface area contributed by atoms with E-state index in [1.165, 1.54) is 6.33 Å². The van der Waals surface area contributed by atoms with Crippen molar-refractivity contribution in [2.24, 2.45) is 0 Å². The van der Waals surface area contributed by atoms with Crippen molar-refractivity contribution in [2.45, 2.75) is 0 Å². The number of aliphatic hydroxyl groups excluding tert-OH is 1. The van der Waals surface area contributed by atoms with Crippen LogP contribution in [0, 0.1) is 0 Å². The number of fused-ring (bicyclic) bond motifs is 1. The molecule has 4 rings (SSSR count). The van der Waals surface area contributed by atoms with Gasteiger partial charge in [-0.25, -0.2) is 19.9 Å². The van der Waals surface area contributed by atoms with E-state index in [2.05, 4.69) is 35.1 Å². The number of aromatic nitrogens is 5. The average Bonchev–Trinajstić information content (AvgIpc) is 3.12. The maximum atomic E-state index is 8.96. The van der Waals surface area contributed by atoms with Gasteiger partial charge >= 0.3 is 0 Å². The van der Waals surface area contributed by atoms with Gasteiger partial charge in [-0.2, -0.15) is 0 Å². The topological polar surface area (TPSA) is 112 Å². The van der Waals surface area contributed by atoms with Gasteiger partial charge in [-0.1, -0.05) is 0 Å². The second kappa shape index (κ2) is 6.99. The Bertz CT molecular complexity index is 843. The highest BCUT2D eigenvalue weighted by atomic mass is 16.5. The van der Waals surface area contributed by atoms with E-state index < -0.39 is 0 Å². The van der Waals surface area contributed by atoms with E-state index in [1.54, 1.807) is 6.20 Å². The number of hydrogen-bond donors (Lipinski definition) is 3. The normalized spacial score (nSPS) is 14.8. The van der Waals surface area contributed by atoms with Crippen LogP contribution in [0.5, 0.6) is 0 Å². The van der Waals surface area contributed by atoms with E-state index in [1.807, 2.05) is 12.1 Å². The molecule has 9 heteroatoms. The Labute approximate surface area is 144 Å². The highest BCUT2D eigenvalue weighted by Crippen LogP contribution is 2.23. The third kappa shape index (κ3) is 3.24. The predicted molar refractivity (Wildman–Crippen MR) is 93.5 cm³/mol. The Morgan fingerprint density at radius 1 is 1.20 bits per heavy atom. The summed E-state index contributed by atoms with van der Waals surface area (Å²) in [4.78, 5) is 22.9. The molecule has 0 aliphatic carbocycles. The SMILES string of the molecule is OCCNc1ncnc2nc(-c3ccc(N4CCOCC4)nc3)[nH]c12. The standard InChI is InChI=1S/C16H19N7O2/c24-6-3-17-15-13-16(20-10-19-15)22-14(21-13)11-1-2-12(18-9-11)23-4-7-25-8-5-23/h1-2,9-10,24H,3-8H2,(H2,17,19,20,21,22). The Morgan fingerprint density at radius 2 is 2.08 bits per heavy atom. The third-order valence-corrected chi connectivity index (χ3v) is 4.05. The minimum Gasteiger partial charge on any atom is -0.395 e. The third-order valence-electron chi connectivity index (χ3n) is 4.05. The molecule has 3 N–H and O–H groups in total. The Balaban J connectivity index is 1.60. The molecular formula is C16H19N7O2. The number of nitrogens with one attached hydrogen (secondary N) is 2. The largest absolute Gasteiger partial charge is 0.395 e. The first-order valence-electron chi connectivity index (χ1n) is 8.20. The van der Waals surface area contributed by atoms with Crippen LogP contribution in [0.4, 0.5) is 11.6 Å². The lowest BCUT2D eigenvalue weighted by atomic mass is 10.2. The fraction of sp³-hybridized carbons (Fsp3) is 0.375. The Morgan fingerprint density at radius 3 is 2.84 bits per heavy atom. The summed E-state index contributed by atoms with van der Waals surface area (Å²) in [5, 5.41) is 12.0. The van der Waals surface area contributed by atoms with Crippen LogP contribution in [0.3, 0.4) is 0 Å². The van der Waals surface area contributed by atoms with Crippen molar-refractivity contribution in [3.05, 3.63) is 24.7 Å². The van der Waals surface area contributed by atoms with Crippen LogP contribution in [0.1, 0.15) is 0 Å². The molecule has 9 nitrogen and oxygen atoms in total. The number of pyridine rings is 1. The molecule has 1 aliphatic heterocycles. The van der Waals surface area contributed by atoms with Crippen LogP contribution >= 0.6 is 0 Å². The first-order chi connectivity index (χ1) is 12.3. The summed E-state index contributed by atoms with van der Waals surface area (Å²) < 4.78 is 5.37. The van der Waals surface area contributed by atoms with E-state index in [-0.39, 0.29) is 6.61 Å². The Kier molecular flexibility index (Phi) is 4.40. The number of rotatable bonds is 5. The second-order valence-electron chi connectivity index (χ2n) is 5.66. The van der Waals surface area contributed by atoms with Crippen molar-refractivity contribution >= 4 is 22.8 Å². The first kappa shape index (κ1) is 15.7. The minimum absolute atomic E-state index is 0.0272. The average molecular weight is 341 g/mol. The number of ether oxygens (including phenoxy) is 1. The van der Waals surface area contributed by atoms with Crippen molar-refractivity contribution in [3.63, 3.8) is 0 Å². The number of anilines is 2. The van der Waals surface area contributed by atoms with E-state index in [0.29, 0.717) is 29.4 Å². The van der Waals surface area contributed by atoms with E-state index in [4.69, 9.17) is 9.84 Å². The molecular weight excluding hydrogens is 322 g/mol. The molecule has 1 aliphatic rings. The van der Waals surface area contributed by atoms with Gasteiger partial charge < -0.3 is 25.0 Å². The molecule has 3 aromatic heterocycles. The number of hydrogen-bond acceptors (Lipinski definition) is 8. The van der Waals surface area contributed by atoms with Gasteiger partial charge in [0.1, 0.15) is 23.5 Å². The monoisotopic (exact) mass is 341 g/mol. The molecule has 0 radical (unpaired) electrons. The Hall–Kier alpha value is -2.78. The lowest BCUT2D eigenvalue weighted by Crippen LogP contribution is -2.36. The van der Waals surface area contributed by atoms with Gasteiger partial charge in [0.15, 0.2) is 11.5 Å². The number of nitrogens with zero attached hydrogens (tertiary/aromatic N) is 5. The number of aliphatic hydroxyl groups is 1. The molecule has 0 bridgehead atoms. The molecule has 25 heavy (non-hydrogen) atoms. The molecule has 3 aromatic rings. The van der Waals surface area contributed by atoms with Gasteiger partial charge in [0.25, 0.3) is 0 Å². The highest BCUT2D eigenvalue weighted by Gasteiger charge is 2.14. The van der Waals surface area contributed by atoms with Crippen LogP contribution in [-0.4, -0.2) is 69.5 Å². The van der Waals surface area contributed by atoms with Crippen LogP contribution < -0.4 is 10.2 Å². The van der Waals surface area contributed by atoms with E-state index in [9.17, 15) is 0 Å². The zero-order valence-electron chi connectivity index (χ0n) is 13.6. The fourth-order valence-electron chi connectivity index (χ4n) is 2.78. The van der Waals surface area contributed by atoms with Gasteiger partial charge in [0.05, 0.1) is 19.8 Å². The zero-order valence-corrected chi connectivity index (χ0v) is 13.6.